The van der Waals surface area contributed by atoms with Crippen LogP contribution in [0.25, 0.3) is 0 Å². The van der Waals surface area contributed by atoms with Crippen LogP contribution in [0.1, 0.15) is 38.2 Å². The third-order valence-corrected chi connectivity index (χ3v) is 3.18. The fraction of sp³-hybridized carbons (Fsp3) is 0.538. The van der Waals surface area contributed by atoms with Crippen molar-refractivity contribution in [3.8, 4) is 0 Å². The molecule has 0 fully saturated rings. The molecule has 16 heavy (non-hydrogen) atoms. The standard InChI is InChI=1S/C13H19F2N/c1-3-9(4-2)13(8-16)10-5-11(14)7-12(15)6-10/h5-7,9,13H,3-4,8,16H2,1-2H3. The Morgan fingerprint density at radius 1 is 1.06 bits per heavy atom. The molecule has 0 aliphatic carbocycles. The molecule has 90 valence electrons. The third-order valence-electron chi connectivity index (χ3n) is 3.18. The van der Waals surface area contributed by atoms with Crippen LogP contribution in [-0.4, -0.2) is 6.54 Å². The van der Waals surface area contributed by atoms with Crippen LogP contribution in [0.2, 0.25) is 0 Å². The summed E-state index contributed by atoms with van der Waals surface area (Å²) in [6.07, 6.45) is 1.94. The number of benzene rings is 1. The number of halogens is 2. The van der Waals surface area contributed by atoms with Crippen LogP contribution in [0, 0.1) is 17.6 Å². The molecule has 3 heteroatoms. The molecule has 1 aromatic rings. The predicted octanol–water partition coefficient (Wildman–Crippen LogP) is 3.44. The minimum absolute atomic E-state index is 0.0419. The highest BCUT2D eigenvalue weighted by Gasteiger charge is 2.20. The Morgan fingerprint density at radius 3 is 1.94 bits per heavy atom. The molecule has 0 heterocycles. The monoisotopic (exact) mass is 227 g/mol. The zero-order chi connectivity index (χ0) is 12.1. The first-order valence-corrected chi connectivity index (χ1v) is 5.78. The molecule has 1 atom stereocenters. The lowest BCUT2D eigenvalue weighted by Gasteiger charge is -2.24. The van der Waals surface area contributed by atoms with Gasteiger partial charge in [-0.25, -0.2) is 8.78 Å². The summed E-state index contributed by atoms with van der Waals surface area (Å²) >= 11 is 0. The summed E-state index contributed by atoms with van der Waals surface area (Å²) in [7, 11) is 0. The summed E-state index contributed by atoms with van der Waals surface area (Å²) in [4.78, 5) is 0. The molecule has 0 bridgehead atoms. The zero-order valence-electron chi connectivity index (χ0n) is 9.84. The Kier molecular flexibility index (Phi) is 4.87. The van der Waals surface area contributed by atoms with Gasteiger partial charge < -0.3 is 5.73 Å². The molecule has 0 amide bonds. The van der Waals surface area contributed by atoms with Crippen molar-refractivity contribution in [3.05, 3.63) is 35.4 Å². The summed E-state index contributed by atoms with van der Waals surface area (Å²) in [6, 6.07) is 3.67. The van der Waals surface area contributed by atoms with Crippen LogP contribution >= 0.6 is 0 Å². The highest BCUT2D eigenvalue weighted by Crippen LogP contribution is 2.29. The molecule has 0 saturated heterocycles. The van der Waals surface area contributed by atoms with Gasteiger partial charge >= 0.3 is 0 Å². The molecule has 2 N–H and O–H groups in total. The lowest BCUT2D eigenvalue weighted by Crippen LogP contribution is -2.21. The maximum absolute atomic E-state index is 13.1. The molecule has 1 rings (SSSR count). The van der Waals surface area contributed by atoms with Gasteiger partial charge in [0.25, 0.3) is 0 Å². The molecule has 0 spiro atoms. The molecular weight excluding hydrogens is 208 g/mol. The lowest BCUT2D eigenvalue weighted by atomic mass is 9.82. The van der Waals surface area contributed by atoms with Crippen molar-refractivity contribution in [3.63, 3.8) is 0 Å². The smallest absolute Gasteiger partial charge is 0.126 e. The first-order chi connectivity index (χ1) is 7.62. The van der Waals surface area contributed by atoms with Gasteiger partial charge in [0, 0.05) is 6.07 Å². The minimum atomic E-state index is -0.528. The third kappa shape index (κ3) is 3.01. The number of hydrogen-bond acceptors (Lipinski definition) is 1. The Labute approximate surface area is 95.7 Å². The summed E-state index contributed by atoms with van der Waals surface area (Å²) in [5.74, 6) is -0.634. The molecule has 0 radical (unpaired) electrons. The topological polar surface area (TPSA) is 26.0 Å². The molecule has 0 saturated carbocycles. The van der Waals surface area contributed by atoms with Gasteiger partial charge in [-0.3, -0.25) is 0 Å². The second kappa shape index (κ2) is 5.94. The second-order valence-electron chi connectivity index (χ2n) is 4.12. The van der Waals surface area contributed by atoms with E-state index in [0.717, 1.165) is 18.9 Å². The number of nitrogens with two attached hydrogens (primary N) is 1. The maximum atomic E-state index is 13.1. The number of rotatable bonds is 5. The summed E-state index contributed by atoms with van der Waals surface area (Å²) < 4.78 is 26.2. The van der Waals surface area contributed by atoms with E-state index in [1.165, 1.54) is 12.1 Å². The highest BCUT2D eigenvalue weighted by atomic mass is 19.1. The van der Waals surface area contributed by atoms with Crippen LogP contribution in [0.3, 0.4) is 0 Å². The van der Waals surface area contributed by atoms with Crippen LogP contribution < -0.4 is 5.73 Å². The van der Waals surface area contributed by atoms with Crippen LogP contribution in [0.4, 0.5) is 8.78 Å². The zero-order valence-corrected chi connectivity index (χ0v) is 9.84. The SMILES string of the molecule is CCC(CC)C(CN)c1cc(F)cc(F)c1. The van der Waals surface area contributed by atoms with E-state index >= 15 is 0 Å². The van der Waals surface area contributed by atoms with Gasteiger partial charge in [0.15, 0.2) is 0 Å². The highest BCUT2D eigenvalue weighted by molar-refractivity contribution is 5.23. The van der Waals surface area contributed by atoms with Crippen LogP contribution in [0.5, 0.6) is 0 Å². The van der Waals surface area contributed by atoms with Crippen molar-refractivity contribution in [2.45, 2.75) is 32.6 Å². The number of hydrogen-bond donors (Lipinski definition) is 1. The molecule has 1 aromatic carbocycles. The van der Waals surface area contributed by atoms with Gasteiger partial charge in [0.05, 0.1) is 0 Å². The molecule has 1 unspecified atom stereocenters. The Hall–Kier alpha value is -0.960. The molecule has 1 nitrogen and oxygen atoms in total. The molecular formula is C13H19F2N. The van der Waals surface area contributed by atoms with Gasteiger partial charge in [-0.1, -0.05) is 26.7 Å². The van der Waals surface area contributed by atoms with Crippen molar-refractivity contribution in [1.82, 2.24) is 0 Å². The van der Waals surface area contributed by atoms with E-state index in [9.17, 15) is 8.78 Å². The van der Waals surface area contributed by atoms with Crippen molar-refractivity contribution in [1.29, 1.82) is 0 Å². The minimum Gasteiger partial charge on any atom is -0.330 e. The average Bonchev–Trinajstić information content (AvgIpc) is 2.24. The molecule has 0 aliphatic rings. The van der Waals surface area contributed by atoms with E-state index in [4.69, 9.17) is 5.73 Å². The van der Waals surface area contributed by atoms with Gasteiger partial charge in [-0.15, -0.1) is 0 Å². The van der Waals surface area contributed by atoms with E-state index in [1.54, 1.807) is 0 Å². The van der Waals surface area contributed by atoms with Crippen molar-refractivity contribution < 1.29 is 8.78 Å². The fourth-order valence-corrected chi connectivity index (χ4v) is 2.25. The van der Waals surface area contributed by atoms with Crippen molar-refractivity contribution >= 4 is 0 Å². The average molecular weight is 227 g/mol. The largest absolute Gasteiger partial charge is 0.330 e. The van der Waals surface area contributed by atoms with E-state index in [0.29, 0.717) is 18.0 Å². The summed E-state index contributed by atoms with van der Waals surface area (Å²) in [5.41, 5.74) is 6.39. The second-order valence-corrected chi connectivity index (χ2v) is 4.12. The van der Waals surface area contributed by atoms with Gasteiger partial charge in [0.2, 0.25) is 0 Å². The van der Waals surface area contributed by atoms with Crippen molar-refractivity contribution in [2.75, 3.05) is 6.54 Å². The van der Waals surface area contributed by atoms with Crippen molar-refractivity contribution in [2.24, 2.45) is 11.7 Å². The van der Waals surface area contributed by atoms with Crippen LogP contribution in [0.15, 0.2) is 18.2 Å². The quantitative estimate of drug-likeness (QED) is 0.819. The summed E-state index contributed by atoms with van der Waals surface area (Å²) in [6.45, 7) is 4.58. The summed E-state index contributed by atoms with van der Waals surface area (Å²) in [5, 5.41) is 0. The van der Waals surface area contributed by atoms with Gasteiger partial charge in [0.1, 0.15) is 11.6 Å². The first kappa shape index (κ1) is 13.1. The maximum Gasteiger partial charge on any atom is 0.126 e. The fourth-order valence-electron chi connectivity index (χ4n) is 2.25. The Morgan fingerprint density at radius 2 is 1.56 bits per heavy atom. The van der Waals surface area contributed by atoms with E-state index < -0.39 is 11.6 Å². The normalized spacial score (nSPS) is 13.1. The Bertz CT molecular complexity index is 314. The van der Waals surface area contributed by atoms with Gasteiger partial charge in [-0.05, 0) is 36.1 Å². The van der Waals surface area contributed by atoms with E-state index in [1.807, 2.05) is 0 Å². The molecule has 0 aromatic heterocycles. The first-order valence-electron chi connectivity index (χ1n) is 5.78. The van der Waals surface area contributed by atoms with Crippen LogP contribution in [-0.2, 0) is 0 Å². The van der Waals surface area contributed by atoms with Gasteiger partial charge in [-0.2, -0.15) is 0 Å². The Balaban J connectivity index is 3.02. The predicted molar refractivity (Wildman–Crippen MR) is 62.2 cm³/mol. The lowest BCUT2D eigenvalue weighted by molar-refractivity contribution is 0.399. The van der Waals surface area contributed by atoms with E-state index in [-0.39, 0.29) is 5.92 Å². The molecule has 0 aliphatic heterocycles. The van der Waals surface area contributed by atoms with E-state index in [2.05, 4.69) is 13.8 Å².